The van der Waals surface area contributed by atoms with Crippen LogP contribution in [0.4, 0.5) is 4.79 Å². The summed E-state index contributed by atoms with van der Waals surface area (Å²) in [6.07, 6.45) is 1.84. The molecular formula is C15H20N6O2. The van der Waals surface area contributed by atoms with Gasteiger partial charge in [0.15, 0.2) is 0 Å². The zero-order valence-electron chi connectivity index (χ0n) is 13.2. The molecule has 0 saturated carbocycles. The third-order valence-electron chi connectivity index (χ3n) is 3.19. The molecule has 122 valence electrons. The topological polar surface area (TPSA) is 102 Å². The minimum atomic E-state index is -0.511. The van der Waals surface area contributed by atoms with Crippen LogP contribution in [0.1, 0.15) is 25.3 Å². The van der Waals surface area contributed by atoms with Crippen molar-refractivity contribution in [3.05, 3.63) is 29.8 Å². The Bertz CT molecular complexity index is 682. The third-order valence-corrected chi connectivity index (χ3v) is 3.19. The first-order chi connectivity index (χ1) is 11.1. The van der Waals surface area contributed by atoms with Gasteiger partial charge in [-0.15, -0.1) is 10.2 Å². The van der Waals surface area contributed by atoms with E-state index < -0.39 is 11.9 Å². The predicted octanol–water partition coefficient (Wildman–Crippen LogP) is 1.27. The summed E-state index contributed by atoms with van der Waals surface area (Å²) in [4.78, 5) is 24.4. The summed E-state index contributed by atoms with van der Waals surface area (Å²) in [7, 11) is 0. The zero-order chi connectivity index (χ0) is 16.7. The lowest BCUT2D eigenvalue weighted by Crippen LogP contribution is -2.41. The van der Waals surface area contributed by atoms with Crippen LogP contribution in [0.25, 0.3) is 11.4 Å². The van der Waals surface area contributed by atoms with E-state index in [0.717, 1.165) is 28.8 Å². The first-order valence-corrected chi connectivity index (χ1v) is 7.51. The number of urea groups is 1. The molecule has 8 nitrogen and oxygen atoms in total. The number of nitrogens with zero attached hydrogens (tertiary/aromatic N) is 4. The molecule has 0 aliphatic heterocycles. The Balaban J connectivity index is 1.90. The number of carbonyl (C=O) groups excluding carboxylic acids is 2. The fourth-order valence-corrected chi connectivity index (χ4v) is 1.96. The van der Waals surface area contributed by atoms with Gasteiger partial charge >= 0.3 is 6.03 Å². The van der Waals surface area contributed by atoms with Crippen LogP contribution in [-0.2, 0) is 11.3 Å². The first kappa shape index (κ1) is 16.6. The molecule has 0 aliphatic carbocycles. The van der Waals surface area contributed by atoms with E-state index in [9.17, 15) is 9.59 Å². The summed E-state index contributed by atoms with van der Waals surface area (Å²) in [5.41, 5.74) is 1.88. The van der Waals surface area contributed by atoms with Crippen LogP contribution in [0, 0.1) is 6.92 Å². The highest BCUT2D eigenvalue weighted by Gasteiger charge is 2.12. The van der Waals surface area contributed by atoms with E-state index in [1.54, 1.807) is 0 Å². The van der Waals surface area contributed by atoms with Crippen LogP contribution in [-0.4, -0.2) is 38.7 Å². The van der Waals surface area contributed by atoms with Gasteiger partial charge in [-0.25, -0.2) is 4.79 Å². The number of tetrazole rings is 1. The van der Waals surface area contributed by atoms with Crippen molar-refractivity contribution < 1.29 is 9.59 Å². The molecule has 0 atom stereocenters. The minimum Gasteiger partial charge on any atom is -0.338 e. The van der Waals surface area contributed by atoms with Crippen molar-refractivity contribution in [3.8, 4) is 11.4 Å². The van der Waals surface area contributed by atoms with E-state index in [1.165, 1.54) is 0 Å². The van der Waals surface area contributed by atoms with E-state index >= 15 is 0 Å². The number of nitrogens with one attached hydrogen (secondary N) is 2. The second kappa shape index (κ2) is 8.02. The van der Waals surface area contributed by atoms with Gasteiger partial charge in [-0.05, 0) is 24.1 Å². The molecule has 0 saturated heterocycles. The van der Waals surface area contributed by atoms with Crippen molar-refractivity contribution >= 4 is 11.9 Å². The number of aryl methyl sites for hydroxylation is 1. The van der Waals surface area contributed by atoms with Gasteiger partial charge in [0.1, 0.15) is 6.54 Å². The molecule has 1 aromatic carbocycles. The fourth-order valence-electron chi connectivity index (χ4n) is 1.96. The monoisotopic (exact) mass is 316 g/mol. The number of unbranched alkanes of at least 4 members (excludes halogenated alkanes) is 1. The van der Waals surface area contributed by atoms with Gasteiger partial charge < -0.3 is 5.32 Å². The Morgan fingerprint density at radius 3 is 2.78 bits per heavy atom. The van der Waals surface area contributed by atoms with E-state index in [2.05, 4.69) is 26.0 Å². The SMILES string of the molecule is CCCCNC(=O)NC(=O)Cn1nnc(-c2ccccc2C)n1. The fraction of sp³-hybridized carbons (Fsp3) is 0.400. The Hall–Kier alpha value is -2.77. The maximum atomic E-state index is 11.8. The molecule has 1 heterocycles. The molecule has 0 aliphatic rings. The lowest BCUT2D eigenvalue weighted by atomic mass is 10.1. The molecule has 0 spiro atoms. The maximum Gasteiger partial charge on any atom is 0.321 e. The van der Waals surface area contributed by atoms with Gasteiger partial charge in [0.2, 0.25) is 5.82 Å². The number of carbonyl (C=O) groups is 2. The summed E-state index contributed by atoms with van der Waals surface area (Å²) in [5.74, 6) is -0.0453. The van der Waals surface area contributed by atoms with Gasteiger partial charge in [-0.2, -0.15) is 4.80 Å². The van der Waals surface area contributed by atoms with Gasteiger partial charge in [0, 0.05) is 12.1 Å². The molecular weight excluding hydrogens is 296 g/mol. The standard InChI is InChI=1S/C15H20N6O2/c1-3-4-9-16-15(23)17-13(22)10-21-19-14(18-20-21)12-8-6-5-7-11(12)2/h5-8H,3-4,9-10H2,1-2H3,(H2,16,17,22,23). The van der Waals surface area contributed by atoms with E-state index in [4.69, 9.17) is 0 Å². The molecule has 23 heavy (non-hydrogen) atoms. The van der Waals surface area contributed by atoms with Crippen LogP contribution < -0.4 is 10.6 Å². The van der Waals surface area contributed by atoms with E-state index in [0.29, 0.717) is 12.4 Å². The first-order valence-electron chi connectivity index (χ1n) is 7.51. The highest BCUT2D eigenvalue weighted by molar-refractivity contribution is 5.94. The normalized spacial score (nSPS) is 10.3. The summed E-state index contributed by atoms with van der Waals surface area (Å²) in [6, 6.07) is 7.13. The number of hydrogen-bond donors (Lipinski definition) is 2. The molecule has 2 rings (SSSR count). The summed E-state index contributed by atoms with van der Waals surface area (Å²) in [6.45, 7) is 4.34. The highest BCUT2D eigenvalue weighted by atomic mass is 16.2. The van der Waals surface area contributed by atoms with Crippen molar-refractivity contribution in [2.45, 2.75) is 33.2 Å². The van der Waals surface area contributed by atoms with Crippen molar-refractivity contribution in [1.29, 1.82) is 0 Å². The van der Waals surface area contributed by atoms with Gasteiger partial charge in [0.25, 0.3) is 5.91 Å². The molecule has 8 heteroatoms. The second-order valence-electron chi connectivity index (χ2n) is 5.12. The third kappa shape index (κ3) is 4.87. The largest absolute Gasteiger partial charge is 0.338 e. The Labute approximate surface area is 134 Å². The molecule has 0 fully saturated rings. The van der Waals surface area contributed by atoms with Gasteiger partial charge in [-0.1, -0.05) is 37.6 Å². The highest BCUT2D eigenvalue weighted by Crippen LogP contribution is 2.17. The number of benzene rings is 1. The lowest BCUT2D eigenvalue weighted by molar-refractivity contribution is -0.121. The summed E-state index contributed by atoms with van der Waals surface area (Å²) >= 11 is 0. The average Bonchev–Trinajstić information content (AvgIpc) is 2.96. The van der Waals surface area contributed by atoms with Crippen LogP contribution in [0.5, 0.6) is 0 Å². The molecule has 0 radical (unpaired) electrons. The number of hydrogen-bond acceptors (Lipinski definition) is 5. The Kier molecular flexibility index (Phi) is 5.79. The quantitative estimate of drug-likeness (QED) is 0.782. The summed E-state index contributed by atoms with van der Waals surface area (Å²) in [5, 5.41) is 16.8. The number of imide groups is 1. The average molecular weight is 316 g/mol. The summed E-state index contributed by atoms with van der Waals surface area (Å²) < 4.78 is 0. The molecule has 0 unspecified atom stereocenters. The van der Waals surface area contributed by atoms with Crippen molar-refractivity contribution in [1.82, 2.24) is 30.8 Å². The molecule has 1 aromatic heterocycles. The van der Waals surface area contributed by atoms with Gasteiger partial charge in [-0.3, -0.25) is 10.1 Å². The number of rotatable bonds is 6. The predicted molar refractivity (Wildman–Crippen MR) is 84.4 cm³/mol. The lowest BCUT2D eigenvalue weighted by Gasteiger charge is -2.05. The van der Waals surface area contributed by atoms with Crippen LogP contribution in [0.15, 0.2) is 24.3 Å². The number of aromatic nitrogens is 4. The van der Waals surface area contributed by atoms with Crippen LogP contribution in [0.2, 0.25) is 0 Å². The van der Waals surface area contributed by atoms with Crippen molar-refractivity contribution in [2.75, 3.05) is 6.54 Å². The van der Waals surface area contributed by atoms with E-state index in [1.807, 2.05) is 38.1 Å². The maximum absolute atomic E-state index is 11.8. The van der Waals surface area contributed by atoms with Gasteiger partial charge in [0.05, 0.1) is 0 Å². The second-order valence-corrected chi connectivity index (χ2v) is 5.12. The zero-order valence-corrected chi connectivity index (χ0v) is 13.2. The minimum absolute atomic E-state index is 0.167. The molecule has 0 bridgehead atoms. The van der Waals surface area contributed by atoms with Crippen LogP contribution in [0.3, 0.4) is 0 Å². The molecule has 2 N–H and O–H groups in total. The Morgan fingerprint density at radius 1 is 1.26 bits per heavy atom. The number of amides is 3. The van der Waals surface area contributed by atoms with Crippen LogP contribution >= 0.6 is 0 Å². The smallest absolute Gasteiger partial charge is 0.321 e. The van der Waals surface area contributed by atoms with Crippen molar-refractivity contribution in [3.63, 3.8) is 0 Å². The Morgan fingerprint density at radius 2 is 2.04 bits per heavy atom. The van der Waals surface area contributed by atoms with E-state index in [-0.39, 0.29) is 6.54 Å². The molecule has 2 aromatic rings. The molecule has 3 amide bonds. The van der Waals surface area contributed by atoms with Crippen molar-refractivity contribution in [2.24, 2.45) is 0 Å².